The van der Waals surface area contributed by atoms with Gasteiger partial charge in [0.1, 0.15) is 35.9 Å². The lowest BCUT2D eigenvalue weighted by atomic mass is 9.44. The van der Waals surface area contributed by atoms with E-state index >= 15 is 0 Å². The third-order valence-corrected chi connectivity index (χ3v) is 14.6. The van der Waals surface area contributed by atoms with E-state index in [1.54, 1.807) is 0 Å². The summed E-state index contributed by atoms with van der Waals surface area (Å²) in [5.74, 6) is 1.25. The molecule has 1 unspecified atom stereocenters. The Balaban J connectivity index is 0.920. The predicted molar refractivity (Wildman–Crippen MR) is 178 cm³/mol. The fourth-order valence-electron chi connectivity index (χ4n) is 11.0. The fraction of sp³-hybridized carbons (Fsp3) is 0.794. The molecule has 1 aliphatic heterocycles. The summed E-state index contributed by atoms with van der Waals surface area (Å²) < 4.78 is 29.7. The number of nitrogens with two attached hydrogens (primary N) is 1. The number of aromatic nitrogens is 4. The van der Waals surface area contributed by atoms with Crippen molar-refractivity contribution in [2.75, 3.05) is 12.3 Å². The monoisotopic (exact) mass is 719 g/mol. The lowest BCUT2D eigenvalue weighted by Crippen LogP contribution is -2.57. The zero-order valence-corrected chi connectivity index (χ0v) is 29.7. The smallest absolute Gasteiger partial charge is 0.393 e. The summed E-state index contributed by atoms with van der Waals surface area (Å²) >= 11 is 0. The van der Waals surface area contributed by atoms with E-state index in [1.807, 2.05) is 6.92 Å². The van der Waals surface area contributed by atoms with E-state index in [0.29, 0.717) is 42.3 Å². The summed E-state index contributed by atoms with van der Waals surface area (Å²) in [4.78, 5) is 49.3. The van der Waals surface area contributed by atoms with Gasteiger partial charge in [-0.05, 0) is 92.3 Å². The minimum atomic E-state index is -4.89. The quantitative estimate of drug-likeness (QED) is 0.234. The second-order valence-corrected chi connectivity index (χ2v) is 17.4. The molecular weight excluding hydrogens is 669 g/mol. The highest BCUT2D eigenvalue weighted by molar-refractivity contribution is 7.48. The van der Waals surface area contributed by atoms with Gasteiger partial charge < -0.3 is 30.3 Å². The number of Topliss-reactive ketones (excluding diaryl/α,β-unsaturated/α-hetero) is 1. The van der Waals surface area contributed by atoms with Crippen molar-refractivity contribution in [2.24, 2.45) is 46.3 Å². The number of ether oxygens (including phenoxy) is 1. The van der Waals surface area contributed by atoms with Gasteiger partial charge in [-0.25, -0.2) is 19.5 Å². The second kappa shape index (κ2) is 13.2. The summed E-state index contributed by atoms with van der Waals surface area (Å²) in [7, 11) is -4.89. The number of rotatable bonds is 9. The maximum absolute atomic E-state index is 14.1. The van der Waals surface area contributed by atoms with Crippen LogP contribution in [-0.4, -0.2) is 82.5 Å². The number of ketones is 1. The summed E-state index contributed by atoms with van der Waals surface area (Å²) in [5.41, 5.74) is 5.99. The number of aliphatic hydroxyl groups excluding tert-OH is 3. The highest BCUT2D eigenvalue weighted by atomic mass is 31.2. The third kappa shape index (κ3) is 6.00. The minimum Gasteiger partial charge on any atom is -0.393 e. The van der Waals surface area contributed by atoms with Crippen molar-refractivity contribution in [2.45, 2.75) is 116 Å². The van der Waals surface area contributed by atoms with E-state index in [9.17, 15) is 34.4 Å². The van der Waals surface area contributed by atoms with Gasteiger partial charge in [-0.1, -0.05) is 20.8 Å². The van der Waals surface area contributed by atoms with Gasteiger partial charge in [0, 0.05) is 18.3 Å². The van der Waals surface area contributed by atoms with Gasteiger partial charge in [0.15, 0.2) is 17.7 Å². The van der Waals surface area contributed by atoms with Crippen molar-refractivity contribution in [3.63, 3.8) is 0 Å². The lowest BCUT2D eigenvalue weighted by Gasteiger charge is -2.60. The van der Waals surface area contributed by atoms with Gasteiger partial charge in [0.25, 0.3) is 0 Å². The first-order valence-corrected chi connectivity index (χ1v) is 19.5. The zero-order valence-electron chi connectivity index (χ0n) is 28.8. The molecule has 0 bridgehead atoms. The van der Waals surface area contributed by atoms with Crippen molar-refractivity contribution < 1.29 is 48.2 Å². The molecule has 6 N–H and O–H groups in total. The summed E-state index contributed by atoms with van der Waals surface area (Å²) in [6.45, 7) is 5.89. The molecule has 15 nitrogen and oxygen atoms in total. The summed E-state index contributed by atoms with van der Waals surface area (Å²) in [6.07, 6.45) is 4.49. The molecule has 0 spiro atoms. The molecular formula is C34H50N5O10P. The second-order valence-electron chi connectivity index (χ2n) is 16.1. The molecule has 5 aliphatic rings. The number of anilines is 1. The number of hydrogen-bond acceptors (Lipinski definition) is 13. The average molecular weight is 720 g/mol. The zero-order chi connectivity index (χ0) is 35.7. The molecule has 2 aromatic heterocycles. The Morgan fingerprint density at radius 2 is 1.90 bits per heavy atom. The predicted octanol–water partition coefficient (Wildman–Crippen LogP) is 3.30. The van der Waals surface area contributed by atoms with E-state index in [4.69, 9.17) is 19.5 Å². The Hall–Kier alpha value is -2.52. The number of aliphatic hydroxyl groups is 3. The molecule has 0 amide bonds. The molecule has 0 radical (unpaired) electrons. The van der Waals surface area contributed by atoms with Gasteiger partial charge >= 0.3 is 13.8 Å². The van der Waals surface area contributed by atoms with E-state index in [-0.39, 0.29) is 46.8 Å². The first-order valence-electron chi connectivity index (χ1n) is 18.0. The Labute approximate surface area is 290 Å². The molecule has 16 heteroatoms. The van der Waals surface area contributed by atoms with Gasteiger partial charge in [-0.15, -0.1) is 0 Å². The van der Waals surface area contributed by atoms with Crippen LogP contribution in [0.15, 0.2) is 12.7 Å². The van der Waals surface area contributed by atoms with Crippen LogP contribution in [0.1, 0.15) is 91.2 Å². The van der Waals surface area contributed by atoms with E-state index in [1.165, 1.54) is 17.2 Å². The van der Waals surface area contributed by atoms with Crippen LogP contribution in [-0.2, 0) is 27.9 Å². The third-order valence-electron chi connectivity index (χ3n) is 13.7. The van der Waals surface area contributed by atoms with Crippen LogP contribution >= 0.6 is 7.82 Å². The minimum absolute atomic E-state index is 0.00846. The molecule has 7 rings (SSSR count). The highest BCUT2D eigenvalue weighted by Gasteiger charge is 2.64. The van der Waals surface area contributed by atoms with Crippen molar-refractivity contribution in [1.82, 2.24) is 19.5 Å². The number of fused-ring (bicyclic) bond motifs is 6. The molecule has 5 fully saturated rings. The molecule has 4 saturated carbocycles. The van der Waals surface area contributed by atoms with Crippen LogP contribution in [0.5, 0.6) is 0 Å². The number of carbonyl (C=O) groups excluding carboxylic acids is 2. The molecule has 276 valence electrons. The molecule has 1 saturated heterocycles. The van der Waals surface area contributed by atoms with Gasteiger partial charge in [0.2, 0.25) is 0 Å². The normalized spacial score (nSPS) is 41.6. The van der Waals surface area contributed by atoms with Crippen molar-refractivity contribution in [1.29, 1.82) is 0 Å². The maximum atomic E-state index is 14.1. The number of imidazole rings is 1. The molecule has 50 heavy (non-hydrogen) atoms. The maximum Gasteiger partial charge on any atom is 0.529 e. The number of hydrogen-bond donors (Lipinski definition) is 5. The number of carbonyl (C=O) groups is 2. The first-order chi connectivity index (χ1) is 23.6. The first kappa shape index (κ1) is 35.9. The molecule has 2 aromatic rings. The fourth-order valence-corrected chi connectivity index (χ4v) is 11.7. The van der Waals surface area contributed by atoms with Gasteiger partial charge in [0.05, 0.1) is 19.0 Å². The molecule has 3 heterocycles. The number of nitrogens with zero attached hydrogens (tertiary/aromatic N) is 4. The van der Waals surface area contributed by atoms with Crippen molar-refractivity contribution in [3.8, 4) is 0 Å². The topological polar surface area (TPSA) is 229 Å². The van der Waals surface area contributed by atoms with Crippen LogP contribution in [0.2, 0.25) is 0 Å². The Bertz CT molecular complexity index is 1680. The van der Waals surface area contributed by atoms with Gasteiger partial charge in [-0.2, -0.15) is 0 Å². The largest absolute Gasteiger partial charge is 0.529 e. The van der Waals surface area contributed by atoms with Crippen molar-refractivity contribution >= 4 is 36.6 Å². The van der Waals surface area contributed by atoms with Gasteiger partial charge in [-0.3, -0.25) is 23.6 Å². The Kier molecular flexibility index (Phi) is 9.44. The van der Waals surface area contributed by atoms with E-state index in [0.717, 1.165) is 44.9 Å². The number of phosphoric ester groups is 1. The standard InChI is InChI=1S/C34H50N5O10P/c1-17(21-7-8-22-20-6-5-18-12-19(40)10-11-33(18,2)23(20)13-25(41)34(21,22)3)4-9-26(42)49-50(45,46)47-14-24-28(43)29(44)32(48-24)39-16-38-27-30(35)36-15-37-31(27)39/h15-24,28-29,32,40,43-44H,4-14H2,1-3H3,(H,45,46)(H2,35,36,37)/t17-,18-,19-,20+,21-,22+,23+,24-,28-,29-,32-,33+,34-/m1/s1. The lowest BCUT2D eigenvalue weighted by molar-refractivity contribution is -0.160. The summed E-state index contributed by atoms with van der Waals surface area (Å²) in [6, 6.07) is 0. The molecule has 14 atom stereocenters. The SMILES string of the molecule is C[C@H](CCC(=O)OP(=O)(O)OC[C@H]1O[C@@H](n2cnc3c(N)ncnc32)[C@H](O)[C@@H]1O)[C@H]1CC[C@H]2[C@@H]3CC[C@@H]4C[C@H](O)CC[C@]4(C)[C@H]3CC(=O)[C@]12C. The van der Waals surface area contributed by atoms with Crippen LogP contribution in [0, 0.1) is 46.3 Å². The van der Waals surface area contributed by atoms with Crippen molar-refractivity contribution in [3.05, 3.63) is 12.7 Å². The van der Waals surface area contributed by atoms with Crippen LogP contribution in [0.3, 0.4) is 0 Å². The molecule has 4 aliphatic carbocycles. The van der Waals surface area contributed by atoms with Crippen LogP contribution < -0.4 is 5.73 Å². The van der Waals surface area contributed by atoms with Crippen LogP contribution in [0.4, 0.5) is 5.82 Å². The summed E-state index contributed by atoms with van der Waals surface area (Å²) in [5, 5.41) is 31.6. The molecule has 0 aromatic carbocycles. The average Bonchev–Trinajstić information content (AvgIpc) is 3.74. The Morgan fingerprint density at radius 1 is 1.12 bits per heavy atom. The van der Waals surface area contributed by atoms with E-state index < -0.39 is 50.4 Å². The number of nitrogen functional groups attached to an aromatic ring is 1. The highest BCUT2D eigenvalue weighted by Crippen LogP contribution is 2.67. The van der Waals surface area contributed by atoms with Crippen LogP contribution in [0.25, 0.3) is 11.2 Å². The van der Waals surface area contributed by atoms with E-state index in [2.05, 4.69) is 28.8 Å². The number of phosphoric acid groups is 1. The Morgan fingerprint density at radius 3 is 2.68 bits per heavy atom.